The molecule has 0 spiro atoms. The second-order valence-corrected chi connectivity index (χ2v) is 6.31. The van der Waals surface area contributed by atoms with Crippen molar-refractivity contribution in [2.24, 2.45) is 5.92 Å². The van der Waals surface area contributed by atoms with E-state index < -0.39 is 0 Å². The maximum Gasteiger partial charge on any atom is 0.236 e. The summed E-state index contributed by atoms with van der Waals surface area (Å²) in [6, 6.07) is 9.63. The van der Waals surface area contributed by atoms with Crippen molar-refractivity contribution in [3.05, 3.63) is 29.8 Å². The molecular formula is C19H25N3O3. The summed E-state index contributed by atoms with van der Waals surface area (Å²) >= 11 is 0. The molecular weight excluding hydrogens is 318 g/mol. The Morgan fingerprint density at radius 3 is 2.56 bits per heavy atom. The van der Waals surface area contributed by atoms with Gasteiger partial charge in [-0.15, -0.1) is 0 Å². The molecule has 1 heterocycles. The Bertz CT molecular complexity index is 614. The number of rotatable bonds is 7. The standard InChI is InChI=1S/C19H25N3O3/c1-25-17-5-2-15(3-6-17)4-7-18(23)21-14-16-9-12-22(13-10-16)19(24)8-11-20/h2-3,5-6,16H,4,7-10,12-14H2,1H3,(H,21,23). The summed E-state index contributed by atoms with van der Waals surface area (Å²) in [4.78, 5) is 25.4. The van der Waals surface area contributed by atoms with Crippen molar-refractivity contribution >= 4 is 11.8 Å². The zero-order chi connectivity index (χ0) is 18.1. The number of ether oxygens (including phenoxy) is 1. The van der Waals surface area contributed by atoms with Crippen molar-refractivity contribution in [2.45, 2.75) is 32.1 Å². The van der Waals surface area contributed by atoms with Gasteiger partial charge in [-0.3, -0.25) is 9.59 Å². The molecule has 0 aromatic heterocycles. The number of piperidine rings is 1. The minimum Gasteiger partial charge on any atom is -0.497 e. The summed E-state index contributed by atoms with van der Waals surface area (Å²) in [5.41, 5.74) is 1.11. The first kappa shape index (κ1) is 18.8. The highest BCUT2D eigenvalue weighted by molar-refractivity contribution is 5.78. The van der Waals surface area contributed by atoms with Crippen molar-refractivity contribution in [1.82, 2.24) is 10.2 Å². The van der Waals surface area contributed by atoms with Crippen LogP contribution in [0.4, 0.5) is 0 Å². The summed E-state index contributed by atoms with van der Waals surface area (Å²) in [7, 11) is 1.63. The molecule has 1 saturated heterocycles. The molecule has 1 aliphatic heterocycles. The number of hydrogen-bond donors (Lipinski definition) is 1. The minimum atomic E-state index is -0.0931. The van der Waals surface area contributed by atoms with Gasteiger partial charge in [0, 0.05) is 26.1 Å². The molecule has 0 saturated carbocycles. The van der Waals surface area contributed by atoms with Crippen LogP contribution >= 0.6 is 0 Å². The molecule has 0 unspecified atom stereocenters. The third-order valence-electron chi connectivity index (χ3n) is 4.59. The fourth-order valence-corrected chi connectivity index (χ4v) is 2.96. The molecule has 2 amide bonds. The van der Waals surface area contributed by atoms with E-state index >= 15 is 0 Å². The predicted molar refractivity (Wildman–Crippen MR) is 93.9 cm³/mol. The van der Waals surface area contributed by atoms with Crippen LogP contribution in [-0.4, -0.2) is 43.5 Å². The number of benzene rings is 1. The summed E-state index contributed by atoms with van der Waals surface area (Å²) < 4.78 is 5.12. The molecule has 1 aromatic carbocycles. The van der Waals surface area contributed by atoms with Crippen molar-refractivity contribution in [1.29, 1.82) is 5.26 Å². The monoisotopic (exact) mass is 343 g/mol. The van der Waals surface area contributed by atoms with Crippen molar-refractivity contribution in [2.75, 3.05) is 26.7 Å². The van der Waals surface area contributed by atoms with E-state index in [4.69, 9.17) is 10.00 Å². The number of nitriles is 1. The highest BCUT2D eigenvalue weighted by Crippen LogP contribution is 2.17. The summed E-state index contributed by atoms with van der Waals surface area (Å²) in [5.74, 6) is 1.17. The molecule has 25 heavy (non-hydrogen) atoms. The lowest BCUT2D eigenvalue weighted by Gasteiger charge is -2.31. The van der Waals surface area contributed by atoms with E-state index in [-0.39, 0.29) is 18.2 Å². The lowest BCUT2D eigenvalue weighted by Crippen LogP contribution is -2.41. The maximum absolute atomic E-state index is 12.0. The van der Waals surface area contributed by atoms with Gasteiger partial charge in [0.15, 0.2) is 0 Å². The molecule has 6 heteroatoms. The van der Waals surface area contributed by atoms with E-state index in [1.165, 1.54) is 0 Å². The zero-order valence-corrected chi connectivity index (χ0v) is 14.7. The van der Waals surface area contributed by atoms with Gasteiger partial charge in [-0.25, -0.2) is 0 Å². The number of carbonyl (C=O) groups excluding carboxylic acids is 2. The number of amides is 2. The van der Waals surface area contributed by atoms with Crippen LogP contribution in [0.3, 0.4) is 0 Å². The molecule has 1 fully saturated rings. The molecule has 134 valence electrons. The molecule has 1 aromatic rings. The highest BCUT2D eigenvalue weighted by Gasteiger charge is 2.22. The van der Waals surface area contributed by atoms with Crippen LogP contribution in [0.1, 0.15) is 31.2 Å². The number of hydrogen-bond acceptors (Lipinski definition) is 4. The molecule has 0 atom stereocenters. The third kappa shape index (κ3) is 6.11. The summed E-state index contributed by atoms with van der Waals surface area (Å²) in [6.07, 6.45) is 2.86. The number of likely N-dealkylation sites (tertiary alicyclic amines) is 1. The quantitative estimate of drug-likeness (QED) is 0.820. The smallest absolute Gasteiger partial charge is 0.236 e. The molecule has 6 nitrogen and oxygen atoms in total. The number of aryl methyl sites for hydroxylation is 1. The lowest BCUT2D eigenvalue weighted by atomic mass is 9.96. The van der Waals surface area contributed by atoms with Gasteiger partial charge in [-0.2, -0.15) is 5.26 Å². The summed E-state index contributed by atoms with van der Waals surface area (Å²) in [6.45, 7) is 2.00. The van der Waals surface area contributed by atoms with E-state index in [0.29, 0.717) is 38.4 Å². The van der Waals surface area contributed by atoms with Gasteiger partial charge in [0.25, 0.3) is 0 Å². The van der Waals surface area contributed by atoms with Crippen LogP contribution in [0.2, 0.25) is 0 Å². The van der Waals surface area contributed by atoms with Crippen LogP contribution in [0.5, 0.6) is 5.75 Å². The van der Waals surface area contributed by atoms with E-state index in [9.17, 15) is 9.59 Å². The Labute approximate surface area is 148 Å². The predicted octanol–water partition coefficient (Wildman–Crippen LogP) is 1.90. The van der Waals surface area contributed by atoms with Crippen LogP contribution in [-0.2, 0) is 16.0 Å². The van der Waals surface area contributed by atoms with Crippen LogP contribution in [0.15, 0.2) is 24.3 Å². The summed E-state index contributed by atoms with van der Waals surface area (Å²) in [5, 5.41) is 11.6. The average Bonchev–Trinajstić information content (AvgIpc) is 2.65. The Morgan fingerprint density at radius 2 is 1.96 bits per heavy atom. The topological polar surface area (TPSA) is 82.4 Å². The van der Waals surface area contributed by atoms with Crippen molar-refractivity contribution in [3.8, 4) is 11.8 Å². The Morgan fingerprint density at radius 1 is 1.28 bits per heavy atom. The number of carbonyl (C=O) groups is 2. The van der Waals surface area contributed by atoms with Gasteiger partial charge in [-0.05, 0) is 42.9 Å². The van der Waals surface area contributed by atoms with Gasteiger partial charge in [0.1, 0.15) is 12.2 Å². The minimum absolute atomic E-state index is 0.0488. The maximum atomic E-state index is 12.0. The Hall–Kier alpha value is -2.55. The zero-order valence-electron chi connectivity index (χ0n) is 14.7. The first-order valence-electron chi connectivity index (χ1n) is 8.66. The Kier molecular flexibility index (Phi) is 7.27. The second kappa shape index (κ2) is 9.67. The molecule has 2 rings (SSSR count). The van der Waals surface area contributed by atoms with Gasteiger partial charge >= 0.3 is 0 Å². The van der Waals surface area contributed by atoms with E-state index in [0.717, 1.165) is 24.2 Å². The highest BCUT2D eigenvalue weighted by atomic mass is 16.5. The van der Waals surface area contributed by atoms with Crippen molar-refractivity contribution in [3.63, 3.8) is 0 Å². The lowest BCUT2D eigenvalue weighted by molar-refractivity contribution is -0.131. The van der Waals surface area contributed by atoms with Crippen molar-refractivity contribution < 1.29 is 14.3 Å². The largest absolute Gasteiger partial charge is 0.497 e. The number of nitrogens with one attached hydrogen (secondary N) is 1. The SMILES string of the molecule is COc1ccc(CCC(=O)NCC2CCN(C(=O)CC#N)CC2)cc1. The van der Waals surface area contributed by atoms with Gasteiger partial charge in [-0.1, -0.05) is 12.1 Å². The third-order valence-corrected chi connectivity index (χ3v) is 4.59. The molecule has 1 N–H and O–H groups in total. The van der Waals surface area contributed by atoms with Crippen LogP contribution in [0, 0.1) is 17.2 Å². The average molecular weight is 343 g/mol. The fourth-order valence-electron chi connectivity index (χ4n) is 2.96. The second-order valence-electron chi connectivity index (χ2n) is 6.31. The van der Waals surface area contributed by atoms with Gasteiger partial charge in [0.2, 0.25) is 11.8 Å². The van der Waals surface area contributed by atoms with E-state index in [2.05, 4.69) is 5.32 Å². The van der Waals surface area contributed by atoms with E-state index in [1.54, 1.807) is 12.0 Å². The van der Waals surface area contributed by atoms with E-state index in [1.807, 2.05) is 30.3 Å². The van der Waals surface area contributed by atoms with Crippen LogP contribution in [0.25, 0.3) is 0 Å². The molecule has 0 aliphatic carbocycles. The fraction of sp³-hybridized carbons (Fsp3) is 0.526. The molecule has 0 radical (unpaired) electrons. The van der Waals surface area contributed by atoms with Crippen LogP contribution < -0.4 is 10.1 Å². The molecule has 1 aliphatic rings. The van der Waals surface area contributed by atoms with Gasteiger partial charge in [0.05, 0.1) is 13.2 Å². The van der Waals surface area contributed by atoms with Gasteiger partial charge < -0.3 is 15.0 Å². The first-order valence-corrected chi connectivity index (χ1v) is 8.66. The number of nitrogens with zero attached hydrogens (tertiary/aromatic N) is 2. The Balaban J connectivity index is 1.64. The first-order chi connectivity index (χ1) is 12.1. The normalized spacial score (nSPS) is 14.6. The number of methoxy groups -OCH3 is 1. The molecule has 0 bridgehead atoms.